The molecular formula is C13H16ClN5. The van der Waals surface area contributed by atoms with E-state index in [2.05, 4.69) is 11.2 Å². The maximum Gasteiger partial charge on any atom is 0.145 e. The highest BCUT2D eigenvalue weighted by Crippen LogP contribution is 2.21. The predicted octanol–water partition coefficient (Wildman–Crippen LogP) is 1.64. The fourth-order valence-corrected chi connectivity index (χ4v) is 1.81. The Balaban J connectivity index is 0.00000180. The monoisotopic (exact) mass is 277 g/mol. The van der Waals surface area contributed by atoms with Crippen molar-refractivity contribution < 1.29 is 0 Å². The van der Waals surface area contributed by atoms with E-state index in [1.807, 2.05) is 30.3 Å². The van der Waals surface area contributed by atoms with Crippen LogP contribution in [0.15, 0.2) is 30.3 Å². The lowest BCUT2D eigenvalue weighted by Gasteiger charge is -2.02. The molecule has 4 N–H and O–H groups in total. The molecule has 0 spiro atoms. The van der Waals surface area contributed by atoms with Crippen molar-refractivity contribution in [3.63, 3.8) is 0 Å². The fraction of sp³-hybridized carbons (Fsp3) is 0.231. The molecule has 0 fully saturated rings. The molecule has 0 aliphatic carbocycles. The van der Waals surface area contributed by atoms with Gasteiger partial charge in [-0.25, -0.2) is 4.68 Å². The number of para-hydroxylation sites is 1. The van der Waals surface area contributed by atoms with Crippen molar-refractivity contribution in [2.45, 2.75) is 12.8 Å². The van der Waals surface area contributed by atoms with E-state index in [1.165, 1.54) is 0 Å². The maximum absolute atomic E-state index is 9.14. The Hall–Kier alpha value is -2.03. The number of nitrogens with two attached hydrogens (primary N) is 2. The molecule has 0 atom stereocenters. The summed E-state index contributed by atoms with van der Waals surface area (Å²) >= 11 is 0. The average molecular weight is 278 g/mol. The lowest BCUT2D eigenvalue weighted by atomic mass is 10.1. The standard InChI is InChI=1S/C13H15N5.ClH/c14-8-4-7-12-11(9-15)13(16)18(17-12)10-5-2-1-3-6-10;/h1-3,5-6H,4,7-8,14,16H2;1H. The molecule has 1 aromatic carbocycles. The van der Waals surface area contributed by atoms with Gasteiger partial charge in [-0.15, -0.1) is 12.4 Å². The summed E-state index contributed by atoms with van der Waals surface area (Å²) in [6.07, 6.45) is 1.46. The van der Waals surface area contributed by atoms with Crippen LogP contribution in [0.25, 0.3) is 5.69 Å². The summed E-state index contributed by atoms with van der Waals surface area (Å²) in [6, 6.07) is 11.6. The zero-order chi connectivity index (χ0) is 13.0. The first-order valence-corrected chi connectivity index (χ1v) is 5.81. The van der Waals surface area contributed by atoms with Gasteiger partial charge in [0.1, 0.15) is 17.5 Å². The van der Waals surface area contributed by atoms with E-state index >= 15 is 0 Å². The molecule has 1 heterocycles. The van der Waals surface area contributed by atoms with Crippen LogP contribution in [0.4, 0.5) is 5.82 Å². The molecule has 6 heteroatoms. The van der Waals surface area contributed by atoms with Gasteiger partial charge in [0.05, 0.1) is 11.4 Å². The quantitative estimate of drug-likeness (QED) is 0.888. The highest BCUT2D eigenvalue weighted by molar-refractivity contribution is 5.85. The molecule has 0 aliphatic heterocycles. The fourth-order valence-electron chi connectivity index (χ4n) is 1.81. The molecule has 0 amide bonds. The van der Waals surface area contributed by atoms with Crippen LogP contribution in [0.3, 0.4) is 0 Å². The summed E-state index contributed by atoms with van der Waals surface area (Å²) in [6.45, 7) is 0.572. The van der Waals surface area contributed by atoms with Crippen molar-refractivity contribution in [3.8, 4) is 11.8 Å². The molecule has 0 saturated heterocycles. The number of benzene rings is 1. The van der Waals surface area contributed by atoms with Gasteiger partial charge < -0.3 is 11.5 Å². The summed E-state index contributed by atoms with van der Waals surface area (Å²) in [5.41, 5.74) is 13.5. The van der Waals surface area contributed by atoms with Crippen LogP contribution in [0.5, 0.6) is 0 Å². The second-order valence-electron chi connectivity index (χ2n) is 3.96. The van der Waals surface area contributed by atoms with Crippen LogP contribution in [0, 0.1) is 11.3 Å². The van der Waals surface area contributed by atoms with Crippen molar-refractivity contribution in [2.75, 3.05) is 12.3 Å². The largest absolute Gasteiger partial charge is 0.382 e. The summed E-state index contributed by atoms with van der Waals surface area (Å²) in [5, 5.41) is 13.5. The third-order valence-electron chi connectivity index (χ3n) is 2.72. The van der Waals surface area contributed by atoms with E-state index in [0.29, 0.717) is 30.0 Å². The Bertz CT molecular complexity index is 571. The van der Waals surface area contributed by atoms with Crippen LogP contribution in [-0.2, 0) is 6.42 Å². The topological polar surface area (TPSA) is 93.6 Å². The van der Waals surface area contributed by atoms with Gasteiger partial charge >= 0.3 is 0 Å². The number of anilines is 1. The number of aryl methyl sites for hydroxylation is 1. The number of hydrogen-bond acceptors (Lipinski definition) is 4. The molecule has 0 aliphatic rings. The van der Waals surface area contributed by atoms with E-state index in [-0.39, 0.29) is 12.4 Å². The summed E-state index contributed by atoms with van der Waals surface area (Å²) in [4.78, 5) is 0. The number of nitriles is 1. The molecule has 0 unspecified atom stereocenters. The summed E-state index contributed by atoms with van der Waals surface area (Å²) < 4.78 is 1.60. The average Bonchev–Trinajstić information content (AvgIpc) is 2.73. The van der Waals surface area contributed by atoms with Gasteiger partial charge in [0.25, 0.3) is 0 Å². The van der Waals surface area contributed by atoms with Crippen LogP contribution in [-0.4, -0.2) is 16.3 Å². The zero-order valence-corrected chi connectivity index (χ0v) is 11.2. The van der Waals surface area contributed by atoms with Crippen LogP contribution in [0.1, 0.15) is 17.7 Å². The van der Waals surface area contributed by atoms with E-state index in [4.69, 9.17) is 16.7 Å². The Morgan fingerprint density at radius 2 is 1.95 bits per heavy atom. The van der Waals surface area contributed by atoms with Gasteiger partial charge in [-0.3, -0.25) is 0 Å². The SMILES string of the molecule is Cl.N#Cc1c(CCCN)nn(-c2ccccc2)c1N. The third kappa shape index (κ3) is 3.05. The molecule has 5 nitrogen and oxygen atoms in total. The molecule has 0 radical (unpaired) electrons. The first-order valence-electron chi connectivity index (χ1n) is 5.81. The van der Waals surface area contributed by atoms with E-state index in [0.717, 1.165) is 12.1 Å². The van der Waals surface area contributed by atoms with Crippen LogP contribution in [0.2, 0.25) is 0 Å². The van der Waals surface area contributed by atoms with Gasteiger partial charge in [-0.1, -0.05) is 18.2 Å². The first kappa shape index (κ1) is 15.0. The molecule has 2 rings (SSSR count). The second kappa shape index (κ2) is 6.78. The molecule has 0 bridgehead atoms. The highest BCUT2D eigenvalue weighted by atomic mass is 35.5. The van der Waals surface area contributed by atoms with E-state index in [1.54, 1.807) is 4.68 Å². The third-order valence-corrected chi connectivity index (χ3v) is 2.72. The first-order chi connectivity index (χ1) is 8.77. The molecule has 100 valence electrons. The smallest absolute Gasteiger partial charge is 0.145 e. The number of rotatable bonds is 4. The van der Waals surface area contributed by atoms with Crippen molar-refractivity contribution in [3.05, 3.63) is 41.6 Å². The Morgan fingerprint density at radius 3 is 2.53 bits per heavy atom. The number of aromatic nitrogens is 2. The minimum atomic E-state index is 0. The minimum absolute atomic E-state index is 0. The second-order valence-corrected chi connectivity index (χ2v) is 3.96. The summed E-state index contributed by atoms with van der Waals surface area (Å²) in [7, 11) is 0. The van der Waals surface area contributed by atoms with Crippen molar-refractivity contribution >= 4 is 18.2 Å². The predicted molar refractivity (Wildman–Crippen MR) is 77.3 cm³/mol. The molecular weight excluding hydrogens is 262 g/mol. The number of nitrogens with zero attached hydrogens (tertiary/aromatic N) is 3. The zero-order valence-electron chi connectivity index (χ0n) is 10.4. The van der Waals surface area contributed by atoms with Gasteiger partial charge in [0, 0.05) is 0 Å². The minimum Gasteiger partial charge on any atom is -0.382 e. The Kier molecular flexibility index (Phi) is 5.37. The normalized spacial score (nSPS) is 9.68. The van der Waals surface area contributed by atoms with Crippen molar-refractivity contribution in [1.29, 1.82) is 5.26 Å². The molecule has 1 aromatic heterocycles. The van der Waals surface area contributed by atoms with Crippen molar-refractivity contribution in [1.82, 2.24) is 9.78 Å². The van der Waals surface area contributed by atoms with Gasteiger partial charge in [-0.05, 0) is 31.5 Å². The number of hydrogen-bond donors (Lipinski definition) is 2. The summed E-state index contributed by atoms with van der Waals surface area (Å²) in [5.74, 6) is 0.385. The van der Waals surface area contributed by atoms with E-state index in [9.17, 15) is 0 Å². The Labute approximate surface area is 118 Å². The van der Waals surface area contributed by atoms with Crippen molar-refractivity contribution in [2.24, 2.45) is 5.73 Å². The number of nitrogen functional groups attached to an aromatic ring is 1. The lowest BCUT2D eigenvalue weighted by Crippen LogP contribution is -2.03. The van der Waals surface area contributed by atoms with Gasteiger partial charge in [0.2, 0.25) is 0 Å². The van der Waals surface area contributed by atoms with Gasteiger partial charge in [0.15, 0.2) is 0 Å². The molecule has 19 heavy (non-hydrogen) atoms. The van der Waals surface area contributed by atoms with Crippen LogP contribution >= 0.6 is 12.4 Å². The van der Waals surface area contributed by atoms with Crippen LogP contribution < -0.4 is 11.5 Å². The lowest BCUT2D eigenvalue weighted by molar-refractivity contribution is 0.776. The highest BCUT2D eigenvalue weighted by Gasteiger charge is 2.15. The Morgan fingerprint density at radius 1 is 1.26 bits per heavy atom. The van der Waals surface area contributed by atoms with E-state index < -0.39 is 0 Å². The molecule has 0 saturated carbocycles. The maximum atomic E-state index is 9.14. The van der Waals surface area contributed by atoms with Gasteiger partial charge in [-0.2, -0.15) is 10.4 Å². The number of halogens is 1. The molecule has 2 aromatic rings.